The van der Waals surface area contributed by atoms with Crippen molar-refractivity contribution >= 4 is 23.2 Å². The first kappa shape index (κ1) is 32.6. The molecule has 0 spiro atoms. The van der Waals surface area contributed by atoms with Crippen LogP contribution < -0.4 is 24.8 Å². The fourth-order valence-corrected chi connectivity index (χ4v) is 5.07. The van der Waals surface area contributed by atoms with Gasteiger partial charge in [-0.25, -0.2) is 0 Å². The van der Waals surface area contributed by atoms with Crippen LogP contribution in [0.25, 0.3) is 0 Å². The Balaban J connectivity index is 0.960. The number of hydrogen-bond acceptors (Lipinski definition) is 5. The molecular formula is C42H36N2O5. The fraction of sp³-hybridized carbons (Fsp3) is 0.0952. The maximum absolute atomic E-state index is 12.9. The van der Waals surface area contributed by atoms with Crippen LogP contribution in [0.5, 0.6) is 23.0 Å². The van der Waals surface area contributed by atoms with Gasteiger partial charge < -0.3 is 24.8 Å². The summed E-state index contributed by atoms with van der Waals surface area (Å²) in [6, 6.07) is 48.8. The number of anilines is 2. The van der Waals surface area contributed by atoms with Crippen molar-refractivity contribution in [3.63, 3.8) is 0 Å². The lowest BCUT2D eigenvalue weighted by Crippen LogP contribution is -2.12. The Bertz CT molecular complexity index is 1820. The van der Waals surface area contributed by atoms with Crippen LogP contribution in [0.15, 0.2) is 158 Å². The van der Waals surface area contributed by atoms with Crippen molar-refractivity contribution in [1.82, 2.24) is 0 Å². The number of carbonyl (C=O) groups excluding carboxylic acids is 2. The summed E-state index contributed by atoms with van der Waals surface area (Å²) < 4.78 is 17.7. The van der Waals surface area contributed by atoms with E-state index < -0.39 is 0 Å². The third-order valence-electron chi connectivity index (χ3n) is 7.66. The van der Waals surface area contributed by atoms with E-state index in [2.05, 4.69) is 34.9 Å². The van der Waals surface area contributed by atoms with Gasteiger partial charge >= 0.3 is 0 Å². The molecular weight excluding hydrogens is 612 g/mol. The minimum atomic E-state index is -0.234. The van der Waals surface area contributed by atoms with Crippen molar-refractivity contribution in [2.24, 2.45) is 0 Å². The molecule has 0 saturated carbocycles. The molecule has 0 unspecified atom stereocenters. The fourth-order valence-electron chi connectivity index (χ4n) is 5.07. The Morgan fingerprint density at radius 3 is 1.24 bits per heavy atom. The molecule has 0 aliphatic carbocycles. The SMILES string of the molecule is O=C(Nc1ccc(Oc2ccc(NC(=O)c3cccc(OCCc4ccccc4)c3)cc2)cc1)c1cccc(OCCc2ccccc2)c1. The van der Waals surface area contributed by atoms with Crippen molar-refractivity contribution in [2.75, 3.05) is 23.8 Å². The summed E-state index contributed by atoms with van der Waals surface area (Å²) in [6.07, 6.45) is 1.57. The molecule has 49 heavy (non-hydrogen) atoms. The van der Waals surface area contributed by atoms with E-state index in [0.717, 1.165) is 12.8 Å². The summed E-state index contributed by atoms with van der Waals surface area (Å²) in [6.45, 7) is 1.04. The Hall–Kier alpha value is -6.34. The summed E-state index contributed by atoms with van der Waals surface area (Å²) in [5.41, 5.74) is 4.68. The van der Waals surface area contributed by atoms with Gasteiger partial charge in [0.2, 0.25) is 0 Å². The van der Waals surface area contributed by atoms with Gasteiger partial charge in [-0.3, -0.25) is 9.59 Å². The number of rotatable bonds is 14. The first-order valence-corrected chi connectivity index (χ1v) is 16.1. The molecule has 0 atom stereocenters. The molecule has 0 aromatic heterocycles. The first-order chi connectivity index (χ1) is 24.1. The van der Waals surface area contributed by atoms with Crippen molar-refractivity contribution < 1.29 is 23.8 Å². The highest BCUT2D eigenvalue weighted by Gasteiger charge is 2.10. The molecule has 244 valence electrons. The standard InChI is InChI=1S/C42H36N2O5/c45-41(33-13-7-15-39(29-33)47-27-25-31-9-3-1-4-10-31)43-35-17-21-37(22-18-35)49-38-23-19-36(20-24-38)44-42(46)34-14-8-16-40(30-34)48-28-26-32-11-5-2-6-12-32/h1-24,29-30H,25-28H2,(H,43,45)(H,44,46). The molecule has 0 radical (unpaired) electrons. The molecule has 7 heteroatoms. The molecule has 0 fully saturated rings. The highest BCUT2D eigenvalue weighted by atomic mass is 16.5. The normalized spacial score (nSPS) is 10.5. The molecule has 2 amide bonds. The number of carbonyl (C=O) groups is 2. The second kappa shape index (κ2) is 16.5. The van der Waals surface area contributed by atoms with E-state index in [0.29, 0.717) is 58.7 Å². The Labute approximate surface area is 286 Å². The van der Waals surface area contributed by atoms with E-state index in [1.165, 1.54) is 11.1 Å². The first-order valence-electron chi connectivity index (χ1n) is 16.1. The van der Waals surface area contributed by atoms with E-state index in [1.807, 2.05) is 60.7 Å². The van der Waals surface area contributed by atoms with E-state index in [-0.39, 0.29) is 11.8 Å². The highest BCUT2D eigenvalue weighted by molar-refractivity contribution is 6.05. The van der Waals surface area contributed by atoms with Gasteiger partial charge in [0, 0.05) is 35.3 Å². The Morgan fingerprint density at radius 1 is 0.429 bits per heavy atom. The average molecular weight is 649 g/mol. The van der Waals surface area contributed by atoms with E-state index >= 15 is 0 Å². The summed E-state index contributed by atoms with van der Waals surface area (Å²) in [7, 11) is 0. The third kappa shape index (κ3) is 9.83. The van der Waals surface area contributed by atoms with Gasteiger partial charge in [0.25, 0.3) is 11.8 Å². The zero-order valence-electron chi connectivity index (χ0n) is 26.9. The lowest BCUT2D eigenvalue weighted by molar-refractivity contribution is 0.101. The van der Waals surface area contributed by atoms with Gasteiger partial charge in [-0.05, 0) is 96.1 Å². The third-order valence-corrected chi connectivity index (χ3v) is 7.66. The summed E-state index contributed by atoms with van der Waals surface area (Å²) >= 11 is 0. The van der Waals surface area contributed by atoms with Crippen LogP contribution in [0.2, 0.25) is 0 Å². The zero-order chi connectivity index (χ0) is 33.7. The van der Waals surface area contributed by atoms with Crippen molar-refractivity contribution in [3.8, 4) is 23.0 Å². The van der Waals surface area contributed by atoms with Crippen LogP contribution in [-0.4, -0.2) is 25.0 Å². The number of amides is 2. The van der Waals surface area contributed by atoms with Gasteiger partial charge in [-0.15, -0.1) is 0 Å². The van der Waals surface area contributed by atoms with Crippen molar-refractivity contribution in [1.29, 1.82) is 0 Å². The molecule has 0 aliphatic rings. The number of benzene rings is 6. The van der Waals surface area contributed by atoms with Gasteiger partial charge in [0.15, 0.2) is 0 Å². The molecule has 0 heterocycles. The lowest BCUT2D eigenvalue weighted by Gasteiger charge is -2.11. The molecule has 0 bridgehead atoms. The minimum absolute atomic E-state index is 0.234. The van der Waals surface area contributed by atoms with Crippen molar-refractivity contribution in [3.05, 3.63) is 180 Å². The van der Waals surface area contributed by atoms with Crippen LogP contribution in [0, 0.1) is 0 Å². The molecule has 0 saturated heterocycles. The zero-order valence-corrected chi connectivity index (χ0v) is 26.9. The Kier molecular flexibility index (Phi) is 11.0. The predicted molar refractivity (Wildman–Crippen MR) is 193 cm³/mol. The molecule has 6 rings (SSSR count). The lowest BCUT2D eigenvalue weighted by atomic mass is 10.1. The molecule has 7 nitrogen and oxygen atoms in total. The maximum Gasteiger partial charge on any atom is 0.255 e. The van der Waals surface area contributed by atoms with Gasteiger partial charge in [0.05, 0.1) is 13.2 Å². The van der Waals surface area contributed by atoms with Crippen LogP contribution in [0.3, 0.4) is 0 Å². The van der Waals surface area contributed by atoms with Crippen LogP contribution in [0.4, 0.5) is 11.4 Å². The summed E-state index contributed by atoms with van der Waals surface area (Å²) in [5, 5.41) is 5.84. The van der Waals surface area contributed by atoms with Gasteiger partial charge in [-0.1, -0.05) is 72.8 Å². The summed E-state index contributed by atoms with van der Waals surface area (Å²) in [4.78, 5) is 25.8. The largest absolute Gasteiger partial charge is 0.493 e. The topological polar surface area (TPSA) is 85.9 Å². The molecule has 0 aliphatic heterocycles. The van der Waals surface area contributed by atoms with Crippen LogP contribution >= 0.6 is 0 Å². The van der Waals surface area contributed by atoms with Gasteiger partial charge in [0.1, 0.15) is 23.0 Å². The van der Waals surface area contributed by atoms with Crippen molar-refractivity contribution in [2.45, 2.75) is 12.8 Å². The second-order valence-corrected chi connectivity index (χ2v) is 11.3. The van der Waals surface area contributed by atoms with E-state index in [1.54, 1.807) is 72.8 Å². The smallest absolute Gasteiger partial charge is 0.255 e. The van der Waals surface area contributed by atoms with Crippen LogP contribution in [0.1, 0.15) is 31.8 Å². The van der Waals surface area contributed by atoms with E-state index in [4.69, 9.17) is 14.2 Å². The molecule has 2 N–H and O–H groups in total. The molecule has 6 aromatic rings. The second-order valence-electron chi connectivity index (χ2n) is 11.3. The van der Waals surface area contributed by atoms with Gasteiger partial charge in [-0.2, -0.15) is 0 Å². The quantitative estimate of drug-likeness (QED) is 0.123. The molecule has 6 aromatic carbocycles. The monoisotopic (exact) mass is 648 g/mol. The average Bonchev–Trinajstić information content (AvgIpc) is 3.14. The maximum atomic E-state index is 12.9. The van der Waals surface area contributed by atoms with Crippen LogP contribution in [-0.2, 0) is 12.8 Å². The minimum Gasteiger partial charge on any atom is -0.493 e. The summed E-state index contributed by atoms with van der Waals surface area (Å²) in [5.74, 6) is 2.03. The predicted octanol–water partition coefficient (Wildman–Crippen LogP) is 9.23. The van der Waals surface area contributed by atoms with E-state index in [9.17, 15) is 9.59 Å². The highest BCUT2D eigenvalue weighted by Crippen LogP contribution is 2.25. The Morgan fingerprint density at radius 2 is 0.837 bits per heavy atom. The number of ether oxygens (including phenoxy) is 3. The number of nitrogens with one attached hydrogen (secondary N) is 2. The number of hydrogen-bond donors (Lipinski definition) is 2.